The molecule has 0 aromatic heterocycles. The minimum absolute atomic E-state index is 0.0337. The lowest BCUT2D eigenvalue weighted by Gasteiger charge is -2.58. The van der Waals surface area contributed by atoms with Gasteiger partial charge in [0.15, 0.2) is 11.9 Å². The quantitative estimate of drug-likeness (QED) is 0.0505. The number of Topliss-reactive ketones (excluding diaryl/α,β-unsaturated/α-hetero) is 3. The molecule has 0 spiro atoms. The Morgan fingerprint density at radius 3 is 2.12 bits per heavy atom. The fourth-order valence-corrected chi connectivity index (χ4v) is 6.92. The first-order valence-electron chi connectivity index (χ1n) is 21.5. The van der Waals surface area contributed by atoms with Gasteiger partial charge in [-0.15, -0.1) is 0 Å². The molecule has 2 aliphatic heterocycles. The number of hydroxylamine groups is 2. The second-order valence-electron chi connectivity index (χ2n) is 15.3. The smallest absolute Gasteiger partial charge is 0.325 e. The van der Waals surface area contributed by atoms with Crippen molar-refractivity contribution in [2.45, 2.75) is 201 Å². The molecule has 1 aliphatic carbocycles. The van der Waals surface area contributed by atoms with Gasteiger partial charge in [-0.1, -0.05) is 116 Å². The maximum Gasteiger partial charge on any atom is 0.325 e. The van der Waals surface area contributed by atoms with E-state index in [-0.39, 0.29) is 47.7 Å². The first-order valence-corrected chi connectivity index (χ1v) is 22.0. The van der Waals surface area contributed by atoms with Crippen LogP contribution in [0.15, 0.2) is 47.6 Å². The third-order valence-electron chi connectivity index (χ3n) is 10.3. The number of nitrogens with zero attached hydrogens (tertiary/aromatic N) is 1. The Morgan fingerprint density at radius 2 is 1.57 bits per heavy atom. The summed E-state index contributed by atoms with van der Waals surface area (Å²) in [5.41, 5.74) is 2.03. The van der Waals surface area contributed by atoms with Crippen LogP contribution in [0.5, 0.6) is 0 Å². The normalized spacial score (nSPS) is 23.2. The molecular weight excluding hydrogens is 727 g/mol. The van der Waals surface area contributed by atoms with Gasteiger partial charge in [-0.25, -0.2) is 0 Å². The van der Waals surface area contributed by atoms with E-state index in [9.17, 15) is 24.3 Å². The number of piperidine rings is 1. The molecule has 322 valence electrons. The van der Waals surface area contributed by atoms with Gasteiger partial charge in [-0.05, 0) is 90.6 Å². The number of ether oxygens (including phenoxy) is 1. The number of rotatable bonds is 19. The predicted molar refractivity (Wildman–Crippen MR) is 232 cm³/mol. The van der Waals surface area contributed by atoms with Crippen LogP contribution in [0.25, 0.3) is 0 Å². The lowest BCUT2D eigenvalue weighted by Crippen LogP contribution is -2.74. The van der Waals surface area contributed by atoms with E-state index >= 15 is 0 Å². The Hall–Kier alpha value is -2.37. The minimum atomic E-state index is -0.790. The molecule has 1 saturated carbocycles. The van der Waals surface area contributed by atoms with Crippen molar-refractivity contribution in [2.24, 2.45) is 11.8 Å². The lowest BCUT2D eigenvalue weighted by atomic mass is 9.85. The van der Waals surface area contributed by atoms with Crippen LogP contribution in [0.1, 0.15) is 172 Å². The Morgan fingerprint density at radius 1 is 0.911 bits per heavy atom. The molecule has 3 fully saturated rings. The van der Waals surface area contributed by atoms with Gasteiger partial charge in [-0.3, -0.25) is 24.0 Å². The van der Waals surface area contributed by atoms with Gasteiger partial charge < -0.3 is 14.9 Å². The molecule has 3 aliphatic rings. The van der Waals surface area contributed by atoms with E-state index in [1.54, 1.807) is 18.1 Å². The van der Waals surface area contributed by atoms with E-state index < -0.39 is 23.1 Å². The molecule has 2 saturated heterocycles. The highest BCUT2D eigenvalue weighted by atomic mass is 32.1. The van der Waals surface area contributed by atoms with Crippen LogP contribution in [-0.2, 0) is 28.8 Å². The topological polar surface area (TPSA) is 130 Å². The number of allylic oxidation sites excluding steroid dienone is 7. The van der Waals surface area contributed by atoms with Crippen molar-refractivity contribution < 1.29 is 39.0 Å². The van der Waals surface area contributed by atoms with Crippen molar-refractivity contribution in [3.05, 3.63) is 47.6 Å². The van der Waals surface area contributed by atoms with Crippen LogP contribution < -0.4 is 0 Å². The number of fused-ring (bicyclic) bond motifs is 1. The van der Waals surface area contributed by atoms with Gasteiger partial charge in [0.05, 0.1) is 18.8 Å². The summed E-state index contributed by atoms with van der Waals surface area (Å²) in [5, 5.41) is 20.6. The van der Waals surface area contributed by atoms with E-state index in [1.165, 1.54) is 31.8 Å². The molecule has 6 unspecified atom stereocenters. The summed E-state index contributed by atoms with van der Waals surface area (Å²) in [6.07, 6.45) is 24.5. The molecule has 0 aromatic rings. The number of thiol groups is 1. The van der Waals surface area contributed by atoms with Gasteiger partial charge in [0.1, 0.15) is 22.5 Å². The first-order chi connectivity index (χ1) is 26.6. The van der Waals surface area contributed by atoms with Crippen molar-refractivity contribution in [1.82, 2.24) is 5.06 Å². The minimum Gasteiger partial charge on any atom is -0.464 e. The summed E-state index contributed by atoms with van der Waals surface area (Å²) >= 11 is 4.71. The van der Waals surface area contributed by atoms with Gasteiger partial charge in [0.2, 0.25) is 0 Å². The van der Waals surface area contributed by atoms with Crippen LogP contribution in [0.3, 0.4) is 0 Å². The zero-order chi connectivity index (χ0) is 42.7. The number of hydrogen-bond acceptors (Lipinski definition) is 10. The zero-order valence-corrected chi connectivity index (χ0v) is 37.6. The average molecular weight is 806 g/mol. The highest BCUT2D eigenvalue weighted by Gasteiger charge is 2.62. The molecule has 0 aromatic carbocycles. The molecule has 0 bridgehead atoms. The van der Waals surface area contributed by atoms with E-state index in [0.717, 1.165) is 64.2 Å². The highest BCUT2D eigenvalue weighted by Crippen LogP contribution is 2.48. The zero-order valence-electron chi connectivity index (χ0n) is 36.7. The monoisotopic (exact) mass is 806 g/mol. The molecule has 0 radical (unpaired) electrons. The third kappa shape index (κ3) is 20.4. The molecule has 10 heteroatoms. The summed E-state index contributed by atoms with van der Waals surface area (Å²) in [4.78, 5) is 52.8. The molecule has 2 heterocycles. The van der Waals surface area contributed by atoms with Crippen molar-refractivity contribution in [3.8, 4) is 0 Å². The standard InChI is InChI=1S/C22H34O3.C16H27NO4S.C6H12O.C2H6/c1-6-17(2)12-10-8-7-9-11-13-18(3)21(24)16-22(25)19(4)14-15-20(5)23;1-4-7-11(3)13(18)14-16(22)9-6-8-12(17(16)21-14)15(19)20-10-5-2;7-6-4-2-1-3-5-6;1-2/h7-10,12,14,18,22,25H,6,11,13,15-16H2,1-5H3;11-12,14,22H,4-10H2,1-3H3;6-7H,1-5H2;1-2H3/b9-7+,10-8+,17-12+,19-14+;;;. The summed E-state index contributed by atoms with van der Waals surface area (Å²) < 4.78 is 5.23. The summed E-state index contributed by atoms with van der Waals surface area (Å²) in [7, 11) is 0. The third-order valence-corrected chi connectivity index (χ3v) is 11.0. The second-order valence-corrected chi connectivity index (χ2v) is 16.1. The molecule has 0 amide bonds. The SMILES string of the molecule is CC.CC/C(C)=C/C=C/C=C/CCC(C)C(=O)CC(O)/C(C)=C/CC(C)=O.CCCOC(=O)C1CCCC2(S)C(C(=O)C(C)CCC)ON12.OC1CCCCC1. The van der Waals surface area contributed by atoms with Gasteiger partial charge in [-0.2, -0.15) is 17.7 Å². The number of hydrogen-bond donors (Lipinski definition) is 3. The number of aliphatic hydroxyl groups is 2. The van der Waals surface area contributed by atoms with E-state index in [4.69, 9.17) is 27.3 Å². The summed E-state index contributed by atoms with van der Waals surface area (Å²) in [5.74, 6) is -0.177. The number of carbonyl (C=O) groups is 4. The first kappa shape index (κ1) is 53.6. The van der Waals surface area contributed by atoms with Crippen molar-refractivity contribution >= 4 is 35.9 Å². The maximum atomic E-state index is 12.5. The molecular formula is C46H79NO8S. The summed E-state index contributed by atoms with van der Waals surface area (Å²) in [6.45, 7) is 19.8. The van der Waals surface area contributed by atoms with Crippen molar-refractivity contribution in [2.75, 3.05) is 6.61 Å². The van der Waals surface area contributed by atoms with Gasteiger partial charge in [0, 0.05) is 24.7 Å². The molecule has 56 heavy (non-hydrogen) atoms. The van der Waals surface area contributed by atoms with Crippen LogP contribution in [0.4, 0.5) is 0 Å². The molecule has 6 atom stereocenters. The maximum absolute atomic E-state index is 12.5. The van der Waals surface area contributed by atoms with Crippen LogP contribution >= 0.6 is 12.6 Å². The van der Waals surface area contributed by atoms with Crippen molar-refractivity contribution in [1.29, 1.82) is 0 Å². The van der Waals surface area contributed by atoms with Crippen molar-refractivity contribution in [3.63, 3.8) is 0 Å². The van der Waals surface area contributed by atoms with E-state index in [0.29, 0.717) is 25.0 Å². The lowest BCUT2D eigenvalue weighted by molar-refractivity contribution is -0.364. The number of esters is 1. The van der Waals surface area contributed by atoms with Gasteiger partial charge in [0.25, 0.3) is 0 Å². The molecule has 2 N–H and O–H groups in total. The number of carbonyl (C=O) groups excluding carboxylic acids is 4. The van der Waals surface area contributed by atoms with Crippen LogP contribution in [-0.4, -0.2) is 74.4 Å². The number of ketones is 3. The Kier molecular flexibility index (Phi) is 29.4. The fraction of sp³-hybridized carbons (Fsp3) is 0.739. The number of aliphatic hydroxyl groups excluding tert-OH is 2. The van der Waals surface area contributed by atoms with Gasteiger partial charge >= 0.3 is 5.97 Å². The Bertz CT molecular complexity index is 1270. The second kappa shape index (κ2) is 30.7. The fourth-order valence-electron chi connectivity index (χ4n) is 6.40. The molecule has 9 nitrogen and oxygen atoms in total. The predicted octanol–water partition coefficient (Wildman–Crippen LogP) is 10.2. The van der Waals surface area contributed by atoms with Crippen LogP contribution in [0, 0.1) is 11.8 Å². The van der Waals surface area contributed by atoms with E-state index in [2.05, 4.69) is 32.9 Å². The highest BCUT2D eigenvalue weighted by molar-refractivity contribution is 7.81. The Labute approximate surface area is 346 Å². The molecule has 3 rings (SSSR count). The largest absolute Gasteiger partial charge is 0.464 e. The summed E-state index contributed by atoms with van der Waals surface area (Å²) in [6, 6.07) is -0.441. The Balaban J connectivity index is 0.000000887. The average Bonchev–Trinajstić information content (AvgIpc) is 3.18. The van der Waals surface area contributed by atoms with Crippen LogP contribution in [0.2, 0.25) is 0 Å². The van der Waals surface area contributed by atoms with E-state index in [1.807, 2.05) is 52.8 Å².